The Morgan fingerprint density at radius 3 is 2.47 bits per heavy atom. The molecule has 0 spiro atoms. The van der Waals surface area contributed by atoms with Gasteiger partial charge in [0.1, 0.15) is 5.67 Å². The summed E-state index contributed by atoms with van der Waals surface area (Å²) in [6, 6.07) is 8.20. The van der Waals surface area contributed by atoms with E-state index in [4.69, 9.17) is 10.00 Å². The highest BCUT2D eigenvalue weighted by atomic mass is 19.1. The Morgan fingerprint density at radius 1 is 1.42 bits per heavy atom. The number of rotatable bonds is 5. The molecule has 0 amide bonds. The SMILES string of the molecule is CC(CCC(C)(C)F)OC(=O)c1ccc(C#N)cc1. The van der Waals surface area contributed by atoms with E-state index in [0.717, 1.165) is 0 Å². The van der Waals surface area contributed by atoms with Gasteiger partial charge in [0, 0.05) is 0 Å². The molecule has 4 heteroatoms. The second-order valence-electron chi connectivity index (χ2n) is 5.16. The molecular weight excluding hydrogens is 245 g/mol. The van der Waals surface area contributed by atoms with Gasteiger partial charge in [0.25, 0.3) is 0 Å². The van der Waals surface area contributed by atoms with Crippen LogP contribution in [0, 0.1) is 11.3 Å². The molecule has 0 fully saturated rings. The lowest BCUT2D eigenvalue weighted by Gasteiger charge is -2.18. The highest BCUT2D eigenvalue weighted by Gasteiger charge is 2.19. The molecule has 1 atom stereocenters. The maximum Gasteiger partial charge on any atom is 0.338 e. The molecule has 0 radical (unpaired) electrons. The number of nitriles is 1. The molecule has 0 heterocycles. The van der Waals surface area contributed by atoms with Gasteiger partial charge in [-0.15, -0.1) is 0 Å². The minimum Gasteiger partial charge on any atom is -0.459 e. The first-order valence-corrected chi connectivity index (χ1v) is 6.22. The monoisotopic (exact) mass is 263 g/mol. The van der Waals surface area contributed by atoms with E-state index in [2.05, 4.69) is 0 Å². The topological polar surface area (TPSA) is 50.1 Å². The second kappa shape index (κ2) is 6.33. The quantitative estimate of drug-likeness (QED) is 0.762. The lowest BCUT2D eigenvalue weighted by Crippen LogP contribution is -2.19. The van der Waals surface area contributed by atoms with Crippen LogP contribution in [0.1, 0.15) is 49.5 Å². The van der Waals surface area contributed by atoms with Gasteiger partial charge >= 0.3 is 5.97 Å². The highest BCUT2D eigenvalue weighted by Crippen LogP contribution is 2.19. The molecule has 1 unspecified atom stereocenters. The first-order valence-electron chi connectivity index (χ1n) is 6.22. The standard InChI is InChI=1S/C15H18FNO2/c1-11(8-9-15(2,3)16)19-14(18)13-6-4-12(10-17)5-7-13/h4-7,11H,8-9H2,1-3H3. The van der Waals surface area contributed by atoms with Crippen molar-refractivity contribution in [2.75, 3.05) is 0 Å². The third kappa shape index (κ3) is 5.52. The van der Waals surface area contributed by atoms with Gasteiger partial charge in [-0.2, -0.15) is 5.26 Å². The molecule has 0 aliphatic heterocycles. The van der Waals surface area contributed by atoms with Crippen molar-refractivity contribution >= 4 is 5.97 Å². The van der Waals surface area contributed by atoms with E-state index >= 15 is 0 Å². The van der Waals surface area contributed by atoms with Crippen LogP contribution in [0.15, 0.2) is 24.3 Å². The first kappa shape index (κ1) is 15.2. The predicted molar refractivity (Wildman–Crippen MR) is 70.5 cm³/mol. The van der Waals surface area contributed by atoms with Crippen molar-refractivity contribution in [3.8, 4) is 6.07 Å². The molecule has 1 aromatic rings. The number of carbonyl (C=O) groups is 1. The molecule has 0 aliphatic carbocycles. The van der Waals surface area contributed by atoms with Crippen LogP contribution < -0.4 is 0 Å². The second-order valence-corrected chi connectivity index (χ2v) is 5.16. The average Bonchev–Trinajstić information content (AvgIpc) is 2.35. The van der Waals surface area contributed by atoms with Crippen LogP contribution in [-0.2, 0) is 4.74 Å². The third-order valence-electron chi connectivity index (χ3n) is 2.70. The Hall–Kier alpha value is -1.89. The summed E-state index contributed by atoms with van der Waals surface area (Å²) in [5.74, 6) is -0.450. The summed E-state index contributed by atoms with van der Waals surface area (Å²) in [6.07, 6.45) is 0.485. The number of nitrogens with zero attached hydrogens (tertiary/aromatic N) is 1. The summed E-state index contributed by atoms with van der Waals surface area (Å²) >= 11 is 0. The van der Waals surface area contributed by atoms with Gasteiger partial charge in [-0.25, -0.2) is 9.18 Å². The smallest absolute Gasteiger partial charge is 0.338 e. The number of ether oxygens (including phenoxy) is 1. The van der Waals surface area contributed by atoms with Crippen LogP contribution in [0.2, 0.25) is 0 Å². The number of hydrogen-bond donors (Lipinski definition) is 0. The number of benzene rings is 1. The Morgan fingerprint density at radius 2 is 2.00 bits per heavy atom. The van der Waals surface area contributed by atoms with E-state index < -0.39 is 11.6 Å². The van der Waals surface area contributed by atoms with E-state index in [1.165, 1.54) is 13.8 Å². The van der Waals surface area contributed by atoms with E-state index in [-0.39, 0.29) is 6.10 Å². The summed E-state index contributed by atoms with van der Waals surface area (Å²) in [5, 5.41) is 8.66. The van der Waals surface area contributed by atoms with Crippen molar-refractivity contribution in [1.29, 1.82) is 5.26 Å². The molecule has 1 aromatic carbocycles. The minimum absolute atomic E-state index is 0.335. The number of alkyl halides is 1. The largest absolute Gasteiger partial charge is 0.459 e. The van der Waals surface area contributed by atoms with Crippen LogP contribution in [0.4, 0.5) is 4.39 Å². The van der Waals surface area contributed by atoms with E-state index in [1.54, 1.807) is 31.2 Å². The van der Waals surface area contributed by atoms with Crippen LogP contribution in [0.5, 0.6) is 0 Å². The van der Waals surface area contributed by atoms with Crippen LogP contribution in [-0.4, -0.2) is 17.7 Å². The van der Waals surface area contributed by atoms with Crippen molar-refractivity contribution in [2.24, 2.45) is 0 Å². The highest BCUT2D eigenvalue weighted by molar-refractivity contribution is 5.89. The maximum atomic E-state index is 13.3. The Kier molecular flexibility index (Phi) is 5.05. The molecule has 0 saturated carbocycles. The van der Waals surface area contributed by atoms with Gasteiger partial charge < -0.3 is 4.74 Å². The van der Waals surface area contributed by atoms with Crippen LogP contribution >= 0.6 is 0 Å². The molecule has 102 valence electrons. The lowest BCUT2D eigenvalue weighted by atomic mass is 10.0. The Bertz CT molecular complexity index is 468. The summed E-state index contributed by atoms with van der Waals surface area (Å²) in [6.45, 7) is 4.75. The molecule has 3 nitrogen and oxygen atoms in total. The fourth-order valence-electron chi connectivity index (χ4n) is 1.54. The average molecular weight is 263 g/mol. The minimum atomic E-state index is -1.25. The van der Waals surface area contributed by atoms with Gasteiger partial charge in [0.15, 0.2) is 0 Å². The predicted octanol–water partition coefficient (Wildman–Crippen LogP) is 3.63. The van der Waals surface area contributed by atoms with Crippen LogP contribution in [0.3, 0.4) is 0 Å². The van der Waals surface area contributed by atoms with E-state index in [9.17, 15) is 9.18 Å². The van der Waals surface area contributed by atoms with Crippen molar-refractivity contribution in [2.45, 2.75) is 45.4 Å². The normalized spacial score (nSPS) is 12.6. The Balaban J connectivity index is 2.52. The molecule has 1 rings (SSSR count). The van der Waals surface area contributed by atoms with Crippen molar-refractivity contribution in [3.05, 3.63) is 35.4 Å². The summed E-state index contributed by atoms with van der Waals surface area (Å²) in [5.41, 5.74) is -0.371. The zero-order valence-corrected chi connectivity index (χ0v) is 11.4. The van der Waals surface area contributed by atoms with E-state index in [1.807, 2.05) is 6.07 Å². The summed E-state index contributed by atoms with van der Waals surface area (Å²) in [4.78, 5) is 11.8. The van der Waals surface area contributed by atoms with E-state index in [0.29, 0.717) is 24.0 Å². The number of halogens is 1. The Labute approximate surface area is 113 Å². The fourth-order valence-corrected chi connectivity index (χ4v) is 1.54. The number of hydrogen-bond acceptors (Lipinski definition) is 3. The molecular formula is C15H18FNO2. The fraction of sp³-hybridized carbons (Fsp3) is 0.467. The van der Waals surface area contributed by atoms with Crippen LogP contribution in [0.25, 0.3) is 0 Å². The van der Waals surface area contributed by atoms with Gasteiger partial charge in [0.05, 0.1) is 23.3 Å². The number of esters is 1. The van der Waals surface area contributed by atoms with Gasteiger partial charge in [0.2, 0.25) is 0 Å². The summed E-state index contributed by atoms with van der Waals surface area (Å²) < 4.78 is 18.5. The maximum absolute atomic E-state index is 13.3. The molecule has 0 saturated heterocycles. The third-order valence-corrected chi connectivity index (χ3v) is 2.70. The molecule has 0 aromatic heterocycles. The molecule has 0 aliphatic rings. The lowest BCUT2D eigenvalue weighted by molar-refractivity contribution is 0.0283. The molecule has 0 bridgehead atoms. The van der Waals surface area contributed by atoms with Crippen molar-refractivity contribution in [3.63, 3.8) is 0 Å². The molecule has 19 heavy (non-hydrogen) atoms. The van der Waals surface area contributed by atoms with Crippen molar-refractivity contribution in [1.82, 2.24) is 0 Å². The first-order chi connectivity index (χ1) is 8.81. The number of carbonyl (C=O) groups excluding carboxylic acids is 1. The molecule has 0 N–H and O–H groups in total. The zero-order chi connectivity index (χ0) is 14.5. The zero-order valence-electron chi connectivity index (χ0n) is 11.4. The van der Waals surface area contributed by atoms with Gasteiger partial charge in [-0.05, 0) is 57.9 Å². The van der Waals surface area contributed by atoms with Gasteiger partial charge in [-0.3, -0.25) is 0 Å². The van der Waals surface area contributed by atoms with Crippen molar-refractivity contribution < 1.29 is 13.9 Å². The summed E-state index contributed by atoms with van der Waals surface area (Å²) in [7, 11) is 0. The van der Waals surface area contributed by atoms with Gasteiger partial charge in [-0.1, -0.05) is 0 Å².